The minimum absolute atomic E-state index is 0.0154. The van der Waals surface area contributed by atoms with Crippen molar-refractivity contribution in [2.45, 2.75) is 37.0 Å². The Kier molecular flexibility index (Phi) is 2.72. The maximum Gasteiger partial charge on any atom is 0.125 e. The molecule has 1 aliphatic heterocycles. The monoisotopic (exact) mass is 249 g/mol. The van der Waals surface area contributed by atoms with Gasteiger partial charge in [0.25, 0.3) is 0 Å². The number of hydrogen-bond acceptors (Lipinski definition) is 4. The molecular weight excluding hydrogens is 230 g/mol. The summed E-state index contributed by atoms with van der Waals surface area (Å²) in [5, 5.41) is 0. The van der Waals surface area contributed by atoms with Crippen molar-refractivity contribution in [3.63, 3.8) is 0 Å². The Morgan fingerprint density at radius 3 is 2.72 bits per heavy atom. The van der Waals surface area contributed by atoms with E-state index in [9.17, 15) is 0 Å². The van der Waals surface area contributed by atoms with Gasteiger partial charge in [-0.25, -0.2) is 0 Å². The van der Waals surface area contributed by atoms with Crippen molar-refractivity contribution in [3.05, 3.63) is 23.8 Å². The molecule has 18 heavy (non-hydrogen) atoms. The van der Waals surface area contributed by atoms with E-state index < -0.39 is 0 Å². The van der Waals surface area contributed by atoms with Gasteiger partial charge in [-0.1, -0.05) is 0 Å². The van der Waals surface area contributed by atoms with Gasteiger partial charge >= 0.3 is 0 Å². The molecule has 1 heterocycles. The van der Waals surface area contributed by atoms with Crippen LogP contribution in [0.1, 0.15) is 30.9 Å². The van der Waals surface area contributed by atoms with Crippen molar-refractivity contribution in [1.82, 2.24) is 0 Å². The average molecular weight is 249 g/mol. The smallest absolute Gasteiger partial charge is 0.125 e. The molecule has 3 rings (SSSR count). The fraction of sp³-hybridized carbons (Fsp3) is 0.571. The second-order valence-corrected chi connectivity index (χ2v) is 5.27. The van der Waals surface area contributed by atoms with Crippen LogP contribution < -0.4 is 15.2 Å². The van der Waals surface area contributed by atoms with Crippen molar-refractivity contribution in [2.24, 2.45) is 5.73 Å². The fourth-order valence-corrected chi connectivity index (χ4v) is 3.01. The zero-order chi connectivity index (χ0) is 12.8. The Hall–Kier alpha value is -1.26. The summed E-state index contributed by atoms with van der Waals surface area (Å²) in [4.78, 5) is 0. The summed E-state index contributed by atoms with van der Waals surface area (Å²) < 4.78 is 16.7. The normalized spacial score (nSPS) is 33.5. The Balaban J connectivity index is 1.85. The second-order valence-electron chi connectivity index (χ2n) is 5.27. The van der Waals surface area contributed by atoms with Crippen molar-refractivity contribution < 1.29 is 14.2 Å². The number of benzene rings is 1. The number of hydrogen-bond donors (Lipinski definition) is 1. The zero-order valence-corrected chi connectivity index (χ0v) is 10.8. The molecule has 1 fully saturated rings. The predicted molar refractivity (Wildman–Crippen MR) is 67.9 cm³/mol. The first-order valence-electron chi connectivity index (χ1n) is 6.31. The quantitative estimate of drug-likeness (QED) is 0.871. The summed E-state index contributed by atoms with van der Waals surface area (Å²) in [7, 11) is 3.41. The van der Waals surface area contributed by atoms with E-state index in [1.807, 2.05) is 18.2 Å². The highest BCUT2D eigenvalue weighted by molar-refractivity contribution is 5.44. The van der Waals surface area contributed by atoms with Crippen LogP contribution in [0.4, 0.5) is 0 Å². The van der Waals surface area contributed by atoms with E-state index in [4.69, 9.17) is 19.9 Å². The molecule has 2 aliphatic rings. The Bertz CT molecular complexity index is 454. The highest BCUT2D eigenvalue weighted by Gasteiger charge is 2.50. The van der Waals surface area contributed by atoms with E-state index in [0.29, 0.717) is 6.10 Å². The molecule has 1 aliphatic carbocycles. The molecule has 1 saturated carbocycles. The van der Waals surface area contributed by atoms with Gasteiger partial charge in [-0.3, -0.25) is 0 Å². The van der Waals surface area contributed by atoms with E-state index in [0.717, 1.165) is 36.3 Å². The van der Waals surface area contributed by atoms with Crippen molar-refractivity contribution in [2.75, 3.05) is 14.2 Å². The Morgan fingerprint density at radius 1 is 1.28 bits per heavy atom. The fourth-order valence-electron chi connectivity index (χ4n) is 3.01. The number of fused-ring (bicyclic) bond motifs is 1. The SMILES string of the molecule is COc1ccc2c(c1)C(N)CC1(CC(OC)C1)O2. The van der Waals surface area contributed by atoms with Crippen LogP contribution in [0.3, 0.4) is 0 Å². The number of ether oxygens (including phenoxy) is 3. The van der Waals surface area contributed by atoms with Crippen LogP contribution in [0.25, 0.3) is 0 Å². The van der Waals surface area contributed by atoms with Crippen LogP contribution in [-0.2, 0) is 4.74 Å². The number of methoxy groups -OCH3 is 2. The molecule has 1 spiro atoms. The van der Waals surface area contributed by atoms with E-state index in [1.54, 1.807) is 14.2 Å². The van der Waals surface area contributed by atoms with Crippen LogP contribution in [0.2, 0.25) is 0 Å². The van der Waals surface area contributed by atoms with E-state index in [2.05, 4.69) is 0 Å². The zero-order valence-electron chi connectivity index (χ0n) is 10.8. The van der Waals surface area contributed by atoms with Gasteiger partial charge in [-0.2, -0.15) is 0 Å². The van der Waals surface area contributed by atoms with Gasteiger partial charge in [0, 0.05) is 38.0 Å². The topological polar surface area (TPSA) is 53.7 Å². The summed E-state index contributed by atoms with van der Waals surface area (Å²) in [5.41, 5.74) is 7.20. The number of rotatable bonds is 2. The third kappa shape index (κ3) is 1.76. The van der Waals surface area contributed by atoms with Gasteiger partial charge in [0.2, 0.25) is 0 Å². The summed E-state index contributed by atoms with van der Waals surface area (Å²) in [6, 6.07) is 5.85. The Morgan fingerprint density at radius 2 is 2.06 bits per heavy atom. The van der Waals surface area contributed by atoms with E-state index in [-0.39, 0.29) is 11.6 Å². The van der Waals surface area contributed by atoms with Gasteiger partial charge in [0.15, 0.2) is 0 Å². The van der Waals surface area contributed by atoms with Crippen LogP contribution in [0.5, 0.6) is 11.5 Å². The lowest BCUT2D eigenvalue weighted by Crippen LogP contribution is -2.55. The van der Waals surface area contributed by atoms with Gasteiger partial charge < -0.3 is 19.9 Å². The predicted octanol–water partition coefficient (Wildman–Crippen LogP) is 2.03. The molecule has 2 N–H and O–H groups in total. The minimum atomic E-state index is -0.109. The standard InChI is InChI=1S/C14H19NO3/c1-16-9-3-4-13-11(5-9)12(15)8-14(18-13)6-10(7-14)17-2/h3-5,10,12H,6-8,15H2,1-2H3. The lowest BCUT2D eigenvalue weighted by molar-refractivity contribution is -0.124. The molecule has 0 amide bonds. The molecule has 4 nitrogen and oxygen atoms in total. The molecule has 1 atom stereocenters. The van der Waals surface area contributed by atoms with Gasteiger partial charge in [0.1, 0.15) is 17.1 Å². The first-order valence-corrected chi connectivity index (χ1v) is 6.31. The second kappa shape index (κ2) is 4.14. The molecule has 0 bridgehead atoms. The molecule has 1 unspecified atom stereocenters. The summed E-state index contributed by atoms with van der Waals surface area (Å²) >= 11 is 0. The maximum atomic E-state index is 6.27. The third-order valence-corrected chi connectivity index (χ3v) is 4.07. The van der Waals surface area contributed by atoms with Gasteiger partial charge in [-0.15, -0.1) is 0 Å². The summed E-state index contributed by atoms with van der Waals surface area (Å²) in [6.45, 7) is 0. The molecule has 4 heteroatoms. The van der Waals surface area contributed by atoms with Crippen LogP contribution in [-0.4, -0.2) is 25.9 Å². The first-order chi connectivity index (χ1) is 8.65. The van der Waals surface area contributed by atoms with E-state index >= 15 is 0 Å². The first kappa shape index (κ1) is 11.8. The molecule has 1 aromatic carbocycles. The average Bonchev–Trinajstić information content (AvgIpc) is 2.35. The van der Waals surface area contributed by atoms with Crippen LogP contribution in [0.15, 0.2) is 18.2 Å². The maximum absolute atomic E-state index is 6.27. The van der Waals surface area contributed by atoms with Crippen LogP contribution >= 0.6 is 0 Å². The van der Waals surface area contributed by atoms with Gasteiger partial charge in [0.05, 0.1) is 13.2 Å². The molecule has 0 aromatic heterocycles. The molecule has 0 saturated heterocycles. The largest absolute Gasteiger partial charge is 0.497 e. The van der Waals surface area contributed by atoms with Crippen molar-refractivity contribution in [1.29, 1.82) is 0 Å². The van der Waals surface area contributed by atoms with Crippen LogP contribution in [0, 0.1) is 0 Å². The molecule has 0 radical (unpaired) electrons. The summed E-state index contributed by atoms with van der Waals surface area (Å²) in [6.07, 6.45) is 3.04. The number of nitrogens with two attached hydrogens (primary N) is 1. The van der Waals surface area contributed by atoms with E-state index in [1.165, 1.54) is 0 Å². The Labute approximate surface area is 107 Å². The molecule has 1 aromatic rings. The lowest BCUT2D eigenvalue weighted by Gasteiger charge is -2.50. The van der Waals surface area contributed by atoms with Crippen molar-refractivity contribution in [3.8, 4) is 11.5 Å². The lowest BCUT2D eigenvalue weighted by atomic mass is 9.71. The molecule has 98 valence electrons. The molecular formula is C14H19NO3. The minimum Gasteiger partial charge on any atom is -0.497 e. The highest BCUT2D eigenvalue weighted by atomic mass is 16.5. The van der Waals surface area contributed by atoms with Crippen molar-refractivity contribution >= 4 is 0 Å². The highest BCUT2D eigenvalue weighted by Crippen LogP contribution is 2.49. The van der Waals surface area contributed by atoms with Gasteiger partial charge in [-0.05, 0) is 18.2 Å². The third-order valence-electron chi connectivity index (χ3n) is 4.07. The summed E-state index contributed by atoms with van der Waals surface area (Å²) in [5.74, 6) is 1.72.